The molecular weight excluding hydrogens is 292 g/mol. The van der Waals surface area contributed by atoms with E-state index < -0.39 is 11.3 Å². The lowest BCUT2D eigenvalue weighted by Crippen LogP contribution is -2.55. The molecule has 0 saturated heterocycles. The van der Waals surface area contributed by atoms with Crippen LogP contribution < -0.4 is 10.5 Å². The third-order valence-corrected chi connectivity index (χ3v) is 3.84. The number of rotatable bonds is 4. The van der Waals surface area contributed by atoms with Crippen LogP contribution >= 0.6 is 0 Å². The second-order valence-electron chi connectivity index (χ2n) is 6.02. The summed E-state index contributed by atoms with van der Waals surface area (Å²) in [6.45, 7) is 3.71. The van der Waals surface area contributed by atoms with Crippen molar-refractivity contribution < 1.29 is 14.3 Å². The number of oxime groups is 1. The van der Waals surface area contributed by atoms with Gasteiger partial charge in [-0.25, -0.2) is 0 Å². The van der Waals surface area contributed by atoms with Crippen LogP contribution in [0.2, 0.25) is 0 Å². The van der Waals surface area contributed by atoms with Crippen LogP contribution in [0.25, 0.3) is 0 Å². The van der Waals surface area contributed by atoms with Crippen molar-refractivity contribution in [3.63, 3.8) is 0 Å². The number of hydrogen-bond donors (Lipinski definition) is 1. The fourth-order valence-corrected chi connectivity index (χ4v) is 2.51. The quantitative estimate of drug-likeness (QED) is 0.942. The lowest BCUT2D eigenvalue weighted by atomic mass is 9.88. The van der Waals surface area contributed by atoms with Gasteiger partial charge in [0.05, 0.1) is 12.6 Å². The fraction of sp³-hybridized carbons (Fsp3) is 0.278. The van der Waals surface area contributed by atoms with Gasteiger partial charge >= 0.3 is 5.79 Å². The summed E-state index contributed by atoms with van der Waals surface area (Å²) in [5.41, 5.74) is 7.17. The molecule has 5 heteroatoms. The van der Waals surface area contributed by atoms with Gasteiger partial charge in [0.2, 0.25) is 0 Å². The predicted octanol–water partition coefficient (Wildman–Crippen LogP) is 2.99. The first kappa shape index (κ1) is 15.4. The summed E-state index contributed by atoms with van der Waals surface area (Å²) in [5.74, 6) is 0.000506. The highest BCUT2D eigenvalue weighted by molar-refractivity contribution is 5.94. The molecule has 2 aromatic carbocycles. The summed E-state index contributed by atoms with van der Waals surface area (Å²) in [5, 5.41) is 4.13. The second-order valence-corrected chi connectivity index (χ2v) is 6.02. The summed E-state index contributed by atoms with van der Waals surface area (Å²) in [7, 11) is 1.62. The molecule has 1 aliphatic heterocycles. The molecule has 3 rings (SSSR count). The third-order valence-electron chi connectivity index (χ3n) is 3.84. The summed E-state index contributed by atoms with van der Waals surface area (Å²) in [6, 6.07) is 17.0. The molecule has 0 amide bonds. The van der Waals surface area contributed by atoms with Gasteiger partial charge < -0.3 is 20.0 Å². The molecule has 0 fully saturated rings. The van der Waals surface area contributed by atoms with Crippen LogP contribution in [-0.4, -0.2) is 18.5 Å². The van der Waals surface area contributed by atoms with Crippen LogP contribution in [0, 0.1) is 0 Å². The minimum Gasteiger partial charge on any atom is -0.497 e. The molecule has 2 N–H and O–H groups in total. The highest BCUT2D eigenvalue weighted by atomic mass is 16.8. The molecule has 0 aromatic heterocycles. The first-order chi connectivity index (χ1) is 11.0. The Bertz CT molecular complexity index is 705. The van der Waals surface area contributed by atoms with Crippen LogP contribution in [-0.2, 0) is 15.4 Å². The Kier molecular flexibility index (Phi) is 3.74. The van der Waals surface area contributed by atoms with Gasteiger partial charge in [-0.05, 0) is 43.3 Å². The molecule has 5 nitrogen and oxygen atoms in total. The molecular formula is C18H20N2O3. The van der Waals surface area contributed by atoms with Crippen LogP contribution in [0.15, 0.2) is 59.8 Å². The van der Waals surface area contributed by atoms with Gasteiger partial charge in [-0.1, -0.05) is 30.3 Å². The fourth-order valence-electron chi connectivity index (χ4n) is 2.51. The summed E-state index contributed by atoms with van der Waals surface area (Å²) < 4.78 is 11.3. The number of methoxy groups -OCH3 is 1. The van der Waals surface area contributed by atoms with Gasteiger partial charge in [0, 0.05) is 11.1 Å². The highest BCUT2D eigenvalue weighted by Gasteiger charge is 2.54. The molecule has 0 aliphatic carbocycles. The summed E-state index contributed by atoms with van der Waals surface area (Å²) in [6.07, 6.45) is 0. The molecule has 0 radical (unpaired) electrons. The first-order valence-corrected chi connectivity index (χ1v) is 7.40. The van der Waals surface area contributed by atoms with E-state index in [9.17, 15) is 0 Å². The van der Waals surface area contributed by atoms with E-state index in [0.29, 0.717) is 5.90 Å². The van der Waals surface area contributed by atoms with Crippen LogP contribution in [0.1, 0.15) is 25.0 Å². The number of hydrogen-bond acceptors (Lipinski definition) is 5. The van der Waals surface area contributed by atoms with E-state index in [4.69, 9.17) is 20.0 Å². The zero-order valence-corrected chi connectivity index (χ0v) is 13.4. The average Bonchev–Trinajstić information content (AvgIpc) is 3.02. The molecule has 2 aromatic rings. The first-order valence-electron chi connectivity index (χ1n) is 7.40. The van der Waals surface area contributed by atoms with Gasteiger partial charge in [0.1, 0.15) is 5.75 Å². The monoisotopic (exact) mass is 312 g/mol. The lowest BCUT2D eigenvalue weighted by Gasteiger charge is -2.37. The Labute approximate surface area is 135 Å². The van der Waals surface area contributed by atoms with Crippen LogP contribution in [0.5, 0.6) is 5.75 Å². The Morgan fingerprint density at radius 3 is 2.26 bits per heavy atom. The maximum atomic E-state index is 6.35. The van der Waals surface area contributed by atoms with Crippen molar-refractivity contribution in [3.8, 4) is 5.75 Å². The Morgan fingerprint density at radius 1 is 1.04 bits per heavy atom. The van der Waals surface area contributed by atoms with Crippen molar-refractivity contribution in [2.45, 2.75) is 25.2 Å². The standard InChI is InChI=1S/C18H20N2O3/c1-17(2,19)18(14-7-5-4-6-8-14)22-16(20-23-18)13-9-11-15(21-3)12-10-13/h4-12H,19H2,1-3H3. The zero-order valence-electron chi connectivity index (χ0n) is 13.4. The molecule has 0 spiro atoms. The van der Waals surface area contributed by atoms with E-state index >= 15 is 0 Å². The highest BCUT2D eigenvalue weighted by Crippen LogP contribution is 2.41. The van der Waals surface area contributed by atoms with Crippen LogP contribution in [0.3, 0.4) is 0 Å². The molecule has 120 valence electrons. The third kappa shape index (κ3) is 2.64. The predicted molar refractivity (Wildman–Crippen MR) is 88.1 cm³/mol. The number of benzene rings is 2. The van der Waals surface area contributed by atoms with Gasteiger partial charge in [-0.3, -0.25) is 0 Å². The summed E-state index contributed by atoms with van der Waals surface area (Å²) >= 11 is 0. The van der Waals surface area contributed by atoms with E-state index in [1.807, 2.05) is 68.4 Å². The van der Waals surface area contributed by atoms with E-state index in [2.05, 4.69) is 5.16 Å². The topological polar surface area (TPSA) is 66.1 Å². The van der Waals surface area contributed by atoms with Crippen molar-refractivity contribution in [3.05, 3.63) is 65.7 Å². The van der Waals surface area contributed by atoms with Crippen molar-refractivity contribution in [1.29, 1.82) is 0 Å². The molecule has 1 atom stereocenters. The Hall–Kier alpha value is -2.53. The SMILES string of the molecule is COc1ccc(C2=NOC(c3ccccc3)(C(C)(C)N)O2)cc1. The number of ether oxygens (including phenoxy) is 2. The molecule has 23 heavy (non-hydrogen) atoms. The lowest BCUT2D eigenvalue weighted by molar-refractivity contribution is -0.207. The van der Waals surface area contributed by atoms with E-state index in [1.54, 1.807) is 7.11 Å². The van der Waals surface area contributed by atoms with Crippen molar-refractivity contribution in [2.24, 2.45) is 10.9 Å². The van der Waals surface area contributed by atoms with Crippen molar-refractivity contribution in [1.82, 2.24) is 0 Å². The van der Waals surface area contributed by atoms with Gasteiger partial charge in [0.25, 0.3) is 5.90 Å². The van der Waals surface area contributed by atoms with Crippen molar-refractivity contribution >= 4 is 5.90 Å². The van der Waals surface area contributed by atoms with E-state index in [0.717, 1.165) is 16.9 Å². The Balaban J connectivity index is 1.94. The van der Waals surface area contributed by atoms with Crippen molar-refractivity contribution in [2.75, 3.05) is 7.11 Å². The van der Waals surface area contributed by atoms with E-state index in [-0.39, 0.29) is 0 Å². The average molecular weight is 312 g/mol. The molecule has 1 unspecified atom stereocenters. The largest absolute Gasteiger partial charge is 0.497 e. The normalized spacial score (nSPS) is 20.4. The van der Waals surface area contributed by atoms with Gasteiger partial charge in [-0.2, -0.15) is 0 Å². The van der Waals surface area contributed by atoms with Crippen LogP contribution in [0.4, 0.5) is 0 Å². The maximum absolute atomic E-state index is 6.35. The van der Waals surface area contributed by atoms with E-state index in [1.165, 1.54) is 0 Å². The smallest absolute Gasteiger partial charge is 0.321 e. The minimum absolute atomic E-state index is 0.398. The zero-order chi connectivity index (χ0) is 16.5. The number of nitrogens with zero attached hydrogens (tertiary/aromatic N) is 1. The van der Waals surface area contributed by atoms with Gasteiger partial charge in [-0.15, -0.1) is 0 Å². The molecule has 1 heterocycles. The molecule has 1 aliphatic rings. The maximum Gasteiger partial charge on any atom is 0.321 e. The summed E-state index contributed by atoms with van der Waals surface area (Å²) in [4.78, 5) is 5.72. The second kappa shape index (κ2) is 5.59. The minimum atomic E-state index is -1.16. The van der Waals surface area contributed by atoms with Gasteiger partial charge in [0.15, 0.2) is 0 Å². The molecule has 0 bridgehead atoms. The number of nitrogens with two attached hydrogens (primary N) is 1. The Morgan fingerprint density at radius 2 is 1.70 bits per heavy atom. The molecule has 0 saturated carbocycles.